The van der Waals surface area contributed by atoms with Gasteiger partial charge in [0.05, 0.1) is 22.6 Å². The summed E-state index contributed by atoms with van der Waals surface area (Å²) < 4.78 is 18.4. The largest absolute Gasteiger partial charge is 0.270 e. The van der Waals surface area contributed by atoms with Crippen molar-refractivity contribution < 1.29 is 13.8 Å². The van der Waals surface area contributed by atoms with Crippen molar-refractivity contribution in [2.45, 2.75) is 11.4 Å². The molecule has 1 aliphatic rings. The molecule has 0 aliphatic carbocycles. The van der Waals surface area contributed by atoms with E-state index in [1.807, 2.05) is 0 Å². The van der Waals surface area contributed by atoms with Gasteiger partial charge in [-0.05, 0) is 29.8 Å². The molecular weight excluding hydrogens is 338 g/mol. The third-order valence-corrected chi connectivity index (χ3v) is 6.56. The monoisotopic (exact) mass is 357 g/mol. The highest BCUT2D eigenvalue weighted by Crippen LogP contribution is 2.25. The molecule has 6 nitrogen and oxygen atoms in total. The minimum Gasteiger partial charge on any atom is -0.270 e. The molecule has 0 saturated heterocycles. The molecule has 7 heteroatoms. The first-order valence-electron chi connectivity index (χ1n) is 7.75. The number of benzene rings is 2. The second-order valence-electron chi connectivity index (χ2n) is 5.88. The van der Waals surface area contributed by atoms with Gasteiger partial charge in [0.25, 0.3) is 11.8 Å². The lowest BCUT2D eigenvalue weighted by molar-refractivity contribution is 0.0642. The Balaban J connectivity index is 1.85. The van der Waals surface area contributed by atoms with Crippen LogP contribution in [0.25, 0.3) is 0 Å². The number of carbonyl (C=O) groups is 2. The van der Waals surface area contributed by atoms with Crippen LogP contribution >= 0.6 is 0 Å². The van der Waals surface area contributed by atoms with Crippen LogP contribution in [0.1, 0.15) is 26.3 Å². The van der Waals surface area contributed by atoms with E-state index < -0.39 is 9.92 Å². The van der Waals surface area contributed by atoms with Gasteiger partial charge in [-0.3, -0.25) is 14.5 Å². The Morgan fingerprint density at radius 2 is 1.48 bits per heavy atom. The Labute approximate surface area is 147 Å². The Morgan fingerprint density at radius 1 is 0.960 bits per heavy atom. The summed E-state index contributed by atoms with van der Waals surface area (Å²) in [4.78, 5) is 26.6. The summed E-state index contributed by atoms with van der Waals surface area (Å²) in [5, 5.41) is 0. The minimum absolute atomic E-state index is 0.180. The predicted molar refractivity (Wildman–Crippen MR) is 95.5 cm³/mol. The van der Waals surface area contributed by atoms with Crippen molar-refractivity contribution >= 4 is 21.7 Å². The fraction of sp³-hybridized carbons (Fsp3) is 0.222. The van der Waals surface area contributed by atoms with E-state index in [0.29, 0.717) is 16.0 Å². The van der Waals surface area contributed by atoms with Crippen molar-refractivity contribution in [2.24, 2.45) is 4.36 Å². The molecule has 0 bridgehead atoms. The number of fused-ring (bicyclic) bond motifs is 1. The highest BCUT2D eigenvalue weighted by atomic mass is 32.2. The quantitative estimate of drug-likeness (QED) is 0.789. The molecule has 1 atom stereocenters. The Morgan fingerprint density at radius 3 is 1.92 bits per heavy atom. The molecule has 2 aromatic carbocycles. The Hall–Kier alpha value is -2.51. The molecule has 0 fully saturated rings. The third kappa shape index (κ3) is 2.85. The van der Waals surface area contributed by atoms with Crippen molar-refractivity contribution in [3.63, 3.8) is 0 Å². The summed E-state index contributed by atoms with van der Waals surface area (Å²) in [6.45, 7) is 0.180. The minimum atomic E-state index is -2.62. The summed E-state index contributed by atoms with van der Waals surface area (Å²) in [5.74, 6) is -0.573. The van der Waals surface area contributed by atoms with Crippen LogP contribution in [0.4, 0.5) is 0 Å². The lowest BCUT2D eigenvalue weighted by Crippen LogP contribution is -2.29. The molecule has 0 aromatic heterocycles. The summed E-state index contributed by atoms with van der Waals surface area (Å²) >= 11 is 0. The predicted octanol–water partition coefficient (Wildman–Crippen LogP) is 2.42. The molecule has 3 rings (SSSR count). The van der Waals surface area contributed by atoms with E-state index >= 15 is 0 Å². The van der Waals surface area contributed by atoms with Crippen LogP contribution in [-0.4, -0.2) is 46.4 Å². The van der Waals surface area contributed by atoms with Gasteiger partial charge in [0.1, 0.15) is 9.92 Å². The SMILES string of the molecule is CN=S(=O)(c1ccc(CN2C(=O)c3ccccc3C2=O)cc1)N(C)C. The van der Waals surface area contributed by atoms with E-state index in [1.54, 1.807) is 66.9 Å². The second kappa shape index (κ2) is 6.42. The molecule has 0 N–H and O–H groups in total. The molecule has 1 heterocycles. The molecule has 130 valence electrons. The number of imide groups is 1. The second-order valence-corrected chi connectivity index (χ2v) is 8.44. The molecule has 2 amide bonds. The van der Waals surface area contributed by atoms with Crippen LogP contribution in [0.2, 0.25) is 0 Å². The van der Waals surface area contributed by atoms with Crippen LogP contribution in [0.15, 0.2) is 57.8 Å². The van der Waals surface area contributed by atoms with Gasteiger partial charge in [0.2, 0.25) is 0 Å². The van der Waals surface area contributed by atoms with E-state index in [-0.39, 0.29) is 18.4 Å². The Bertz CT molecular complexity index is 923. The average Bonchev–Trinajstić information content (AvgIpc) is 2.87. The van der Waals surface area contributed by atoms with Crippen molar-refractivity contribution in [3.8, 4) is 0 Å². The van der Waals surface area contributed by atoms with Crippen molar-refractivity contribution in [2.75, 3.05) is 21.1 Å². The number of rotatable bonds is 4. The molecule has 25 heavy (non-hydrogen) atoms. The standard InChI is InChI=1S/C18H19N3O3S/c1-19-25(24,20(2)3)14-10-8-13(9-11-14)12-21-17(22)15-6-4-5-7-16(15)18(21)23/h4-11H,12H2,1-3H3. The first kappa shape index (κ1) is 17.3. The first-order chi connectivity index (χ1) is 11.9. The van der Waals surface area contributed by atoms with Crippen LogP contribution in [0.5, 0.6) is 0 Å². The molecule has 2 aromatic rings. The summed E-state index contributed by atoms with van der Waals surface area (Å²) in [5.41, 5.74) is 1.66. The normalized spacial score (nSPS) is 16.1. The molecule has 0 radical (unpaired) electrons. The fourth-order valence-corrected chi connectivity index (χ4v) is 4.27. The van der Waals surface area contributed by atoms with E-state index in [1.165, 1.54) is 11.9 Å². The molecule has 1 unspecified atom stereocenters. The zero-order chi connectivity index (χ0) is 18.2. The van der Waals surface area contributed by atoms with Gasteiger partial charge in [-0.25, -0.2) is 12.9 Å². The third-order valence-electron chi connectivity index (χ3n) is 4.19. The zero-order valence-corrected chi connectivity index (χ0v) is 15.1. The summed E-state index contributed by atoms with van der Waals surface area (Å²) in [7, 11) is 2.32. The van der Waals surface area contributed by atoms with Crippen LogP contribution in [0, 0.1) is 0 Å². The number of hydrogen-bond acceptors (Lipinski definition) is 4. The fourth-order valence-electron chi connectivity index (χ4n) is 2.82. The van der Waals surface area contributed by atoms with Crippen molar-refractivity contribution in [3.05, 3.63) is 65.2 Å². The highest BCUT2D eigenvalue weighted by molar-refractivity contribution is 7.91. The maximum atomic E-state index is 12.8. The number of amides is 2. The summed E-state index contributed by atoms with van der Waals surface area (Å²) in [6, 6.07) is 13.8. The molecule has 1 aliphatic heterocycles. The smallest absolute Gasteiger partial charge is 0.261 e. The molecular formula is C18H19N3O3S. The van der Waals surface area contributed by atoms with Crippen LogP contribution in [0.3, 0.4) is 0 Å². The molecule has 0 spiro atoms. The van der Waals surface area contributed by atoms with Gasteiger partial charge >= 0.3 is 0 Å². The first-order valence-corrected chi connectivity index (χ1v) is 9.22. The maximum absolute atomic E-state index is 12.8. The van der Waals surface area contributed by atoms with Crippen molar-refractivity contribution in [1.82, 2.24) is 9.21 Å². The highest BCUT2D eigenvalue weighted by Gasteiger charge is 2.34. The van der Waals surface area contributed by atoms with Gasteiger partial charge in [0.15, 0.2) is 0 Å². The van der Waals surface area contributed by atoms with Gasteiger partial charge in [-0.15, -0.1) is 0 Å². The van der Waals surface area contributed by atoms with E-state index in [2.05, 4.69) is 4.36 Å². The summed E-state index contributed by atoms with van der Waals surface area (Å²) in [6.07, 6.45) is 0. The van der Waals surface area contributed by atoms with Crippen LogP contribution in [-0.2, 0) is 16.5 Å². The zero-order valence-electron chi connectivity index (χ0n) is 14.3. The van der Waals surface area contributed by atoms with E-state index in [0.717, 1.165) is 5.56 Å². The maximum Gasteiger partial charge on any atom is 0.261 e. The number of nitrogens with zero attached hydrogens (tertiary/aromatic N) is 3. The Kier molecular flexibility index (Phi) is 4.45. The van der Waals surface area contributed by atoms with Gasteiger partial charge in [-0.1, -0.05) is 24.3 Å². The lowest BCUT2D eigenvalue weighted by Gasteiger charge is -2.18. The van der Waals surface area contributed by atoms with Crippen LogP contribution < -0.4 is 0 Å². The van der Waals surface area contributed by atoms with E-state index in [9.17, 15) is 13.8 Å². The van der Waals surface area contributed by atoms with E-state index in [4.69, 9.17) is 0 Å². The topological polar surface area (TPSA) is 70.0 Å². The van der Waals surface area contributed by atoms with Gasteiger partial charge in [0, 0.05) is 21.1 Å². The lowest BCUT2D eigenvalue weighted by atomic mass is 10.1. The number of carbonyl (C=O) groups excluding carboxylic acids is 2. The van der Waals surface area contributed by atoms with Gasteiger partial charge < -0.3 is 0 Å². The van der Waals surface area contributed by atoms with Gasteiger partial charge in [-0.2, -0.15) is 0 Å². The number of hydrogen-bond donors (Lipinski definition) is 0. The average molecular weight is 357 g/mol. The molecule has 0 saturated carbocycles. The van der Waals surface area contributed by atoms with Crippen molar-refractivity contribution in [1.29, 1.82) is 0 Å².